The molecule has 0 radical (unpaired) electrons. The number of benzene rings is 2. The molecule has 3 aromatic rings. The number of pyridine rings is 1. The standard InChI is InChI=1S/C21H20N2O/c1-23(14-17-7-4-6-16-13-22-12-11-18(16)17)21(24)20-10-9-15-5-2-3-8-19(15)20/h2-8,11-13,20H,9-10,14H2,1H3. The van der Waals surface area contributed by atoms with Crippen molar-refractivity contribution in [2.45, 2.75) is 25.3 Å². The molecule has 1 amide bonds. The van der Waals surface area contributed by atoms with Gasteiger partial charge in [-0.1, -0.05) is 42.5 Å². The molecule has 2 aromatic carbocycles. The maximum absolute atomic E-state index is 13.0. The first-order chi connectivity index (χ1) is 11.7. The van der Waals surface area contributed by atoms with Crippen molar-refractivity contribution in [2.24, 2.45) is 0 Å². The highest BCUT2D eigenvalue weighted by Gasteiger charge is 2.30. The van der Waals surface area contributed by atoms with Crippen molar-refractivity contribution in [3.8, 4) is 0 Å². The van der Waals surface area contributed by atoms with E-state index < -0.39 is 0 Å². The normalized spacial score (nSPS) is 16.1. The molecule has 1 aliphatic rings. The largest absolute Gasteiger partial charge is 0.341 e. The SMILES string of the molecule is CN(Cc1cccc2cnccc12)C(=O)C1CCc2ccccc21. The van der Waals surface area contributed by atoms with E-state index in [1.807, 2.05) is 36.3 Å². The summed E-state index contributed by atoms with van der Waals surface area (Å²) >= 11 is 0. The Labute approximate surface area is 141 Å². The number of carbonyl (C=O) groups excluding carboxylic acids is 1. The number of likely N-dealkylation sites (N-methyl/N-ethyl adjacent to an activating group) is 1. The minimum atomic E-state index is 0.00263. The summed E-state index contributed by atoms with van der Waals surface area (Å²) in [5.41, 5.74) is 3.69. The second kappa shape index (κ2) is 6.08. The van der Waals surface area contributed by atoms with E-state index in [9.17, 15) is 4.79 Å². The maximum Gasteiger partial charge on any atom is 0.230 e. The van der Waals surface area contributed by atoms with Crippen LogP contribution in [0.2, 0.25) is 0 Å². The average Bonchev–Trinajstić information content (AvgIpc) is 3.05. The van der Waals surface area contributed by atoms with Gasteiger partial charge in [-0.05, 0) is 41.0 Å². The highest BCUT2D eigenvalue weighted by Crippen LogP contribution is 2.34. The van der Waals surface area contributed by atoms with E-state index in [-0.39, 0.29) is 11.8 Å². The lowest BCUT2D eigenvalue weighted by molar-refractivity contribution is -0.132. The molecule has 1 aromatic heterocycles. The number of amides is 1. The number of aryl methyl sites for hydroxylation is 1. The Bertz CT molecular complexity index is 898. The zero-order chi connectivity index (χ0) is 16.5. The molecular weight excluding hydrogens is 296 g/mol. The lowest BCUT2D eigenvalue weighted by Gasteiger charge is -2.22. The van der Waals surface area contributed by atoms with Crippen molar-refractivity contribution in [1.82, 2.24) is 9.88 Å². The number of carbonyl (C=O) groups is 1. The van der Waals surface area contributed by atoms with Gasteiger partial charge >= 0.3 is 0 Å². The maximum atomic E-state index is 13.0. The molecule has 0 saturated carbocycles. The van der Waals surface area contributed by atoms with Gasteiger partial charge in [0, 0.05) is 31.4 Å². The van der Waals surface area contributed by atoms with Crippen LogP contribution in [0.5, 0.6) is 0 Å². The molecule has 0 saturated heterocycles. The molecule has 3 heteroatoms. The van der Waals surface area contributed by atoms with Gasteiger partial charge < -0.3 is 4.90 Å². The van der Waals surface area contributed by atoms with Crippen LogP contribution in [0.25, 0.3) is 10.8 Å². The minimum Gasteiger partial charge on any atom is -0.341 e. The molecule has 1 aliphatic carbocycles. The fourth-order valence-corrected chi connectivity index (χ4v) is 3.74. The summed E-state index contributed by atoms with van der Waals surface area (Å²) < 4.78 is 0. The van der Waals surface area contributed by atoms with Crippen LogP contribution in [0.3, 0.4) is 0 Å². The molecule has 0 aliphatic heterocycles. The molecule has 120 valence electrons. The molecule has 24 heavy (non-hydrogen) atoms. The number of rotatable bonds is 3. The van der Waals surface area contributed by atoms with Crippen molar-refractivity contribution >= 4 is 16.7 Å². The van der Waals surface area contributed by atoms with E-state index in [0.717, 1.165) is 23.8 Å². The van der Waals surface area contributed by atoms with Crippen LogP contribution in [0, 0.1) is 0 Å². The molecule has 0 N–H and O–H groups in total. The molecule has 1 unspecified atom stereocenters. The molecule has 1 atom stereocenters. The van der Waals surface area contributed by atoms with Gasteiger partial charge in [0.25, 0.3) is 0 Å². The first-order valence-electron chi connectivity index (χ1n) is 8.38. The lowest BCUT2D eigenvalue weighted by Crippen LogP contribution is -2.30. The van der Waals surface area contributed by atoms with E-state index in [2.05, 4.69) is 35.3 Å². The van der Waals surface area contributed by atoms with Crippen LogP contribution in [0.1, 0.15) is 29.0 Å². The van der Waals surface area contributed by atoms with E-state index in [1.165, 1.54) is 16.5 Å². The van der Waals surface area contributed by atoms with E-state index >= 15 is 0 Å². The van der Waals surface area contributed by atoms with Crippen LogP contribution in [0.4, 0.5) is 0 Å². The van der Waals surface area contributed by atoms with Crippen LogP contribution in [0.15, 0.2) is 60.9 Å². The van der Waals surface area contributed by atoms with Gasteiger partial charge in [0.1, 0.15) is 0 Å². The Morgan fingerprint density at radius 3 is 2.96 bits per heavy atom. The molecule has 0 spiro atoms. The van der Waals surface area contributed by atoms with Crippen molar-refractivity contribution in [1.29, 1.82) is 0 Å². The van der Waals surface area contributed by atoms with Crippen LogP contribution < -0.4 is 0 Å². The Hall–Kier alpha value is -2.68. The third kappa shape index (κ3) is 2.56. The lowest BCUT2D eigenvalue weighted by atomic mass is 9.99. The third-order valence-electron chi connectivity index (χ3n) is 4.99. The zero-order valence-electron chi connectivity index (χ0n) is 13.8. The van der Waals surface area contributed by atoms with E-state index in [4.69, 9.17) is 0 Å². The first kappa shape index (κ1) is 14.9. The number of hydrogen-bond donors (Lipinski definition) is 0. The molecular formula is C21H20N2O. The number of hydrogen-bond acceptors (Lipinski definition) is 2. The monoisotopic (exact) mass is 316 g/mol. The summed E-state index contributed by atoms with van der Waals surface area (Å²) in [7, 11) is 1.91. The Balaban J connectivity index is 1.58. The van der Waals surface area contributed by atoms with Gasteiger partial charge in [-0.2, -0.15) is 0 Å². The van der Waals surface area contributed by atoms with Crippen molar-refractivity contribution in [3.05, 3.63) is 77.6 Å². The summed E-state index contributed by atoms with van der Waals surface area (Å²) in [4.78, 5) is 19.0. The Morgan fingerprint density at radius 1 is 1.17 bits per heavy atom. The number of nitrogens with zero attached hydrogens (tertiary/aromatic N) is 2. The van der Waals surface area contributed by atoms with Gasteiger partial charge in [-0.15, -0.1) is 0 Å². The van der Waals surface area contributed by atoms with Crippen molar-refractivity contribution < 1.29 is 4.79 Å². The van der Waals surface area contributed by atoms with Gasteiger partial charge in [0.2, 0.25) is 5.91 Å². The zero-order valence-corrected chi connectivity index (χ0v) is 13.8. The molecule has 0 bridgehead atoms. The fourth-order valence-electron chi connectivity index (χ4n) is 3.74. The topological polar surface area (TPSA) is 33.2 Å². The van der Waals surface area contributed by atoms with Crippen molar-refractivity contribution in [2.75, 3.05) is 7.05 Å². The summed E-state index contributed by atoms with van der Waals surface area (Å²) in [5, 5.41) is 2.28. The molecule has 3 nitrogen and oxygen atoms in total. The highest BCUT2D eigenvalue weighted by atomic mass is 16.2. The Kier molecular flexibility index (Phi) is 3.77. The Morgan fingerprint density at radius 2 is 2.04 bits per heavy atom. The van der Waals surface area contributed by atoms with E-state index in [0.29, 0.717) is 6.54 Å². The molecule has 4 rings (SSSR count). The number of fused-ring (bicyclic) bond motifs is 2. The fraction of sp³-hybridized carbons (Fsp3) is 0.238. The highest BCUT2D eigenvalue weighted by molar-refractivity contribution is 5.87. The molecule has 0 fully saturated rings. The van der Waals surface area contributed by atoms with Crippen LogP contribution in [-0.2, 0) is 17.8 Å². The van der Waals surface area contributed by atoms with Gasteiger partial charge in [0.15, 0.2) is 0 Å². The van der Waals surface area contributed by atoms with E-state index in [1.54, 1.807) is 6.20 Å². The van der Waals surface area contributed by atoms with Crippen LogP contribution >= 0.6 is 0 Å². The average molecular weight is 316 g/mol. The summed E-state index contributed by atoms with van der Waals surface area (Å²) in [6.45, 7) is 0.624. The predicted molar refractivity (Wildman–Crippen MR) is 95.7 cm³/mol. The number of aromatic nitrogens is 1. The first-order valence-corrected chi connectivity index (χ1v) is 8.38. The van der Waals surface area contributed by atoms with Gasteiger partial charge in [0.05, 0.1) is 5.92 Å². The van der Waals surface area contributed by atoms with Crippen LogP contribution in [-0.4, -0.2) is 22.8 Å². The second-order valence-corrected chi connectivity index (χ2v) is 6.50. The van der Waals surface area contributed by atoms with Gasteiger partial charge in [-0.25, -0.2) is 0 Å². The minimum absolute atomic E-state index is 0.00263. The quantitative estimate of drug-likeness (QED) is 0.733. The third-order valence-corrected chi connectivity index (χ3v) is 4.99. The van der Waals surface area contributed by atoms with Gasteiger partial charge in [-0.3, -0.25) is 9.78 Å². The molecule has 1 heterocycles. The summed E-state index contributed by atoms with van der Waals surface area (Å²) in [6.07, 6.45) is 5.59. The smallest absolute Gasteiger partial charge is 0.230 e. The van der Waals surface area contributed by atoms with Crippen molar-refractivity contribution in [3.63, 3.8) is 0 Å². The predicted octanol–water partition coefficient (Wildman–Crippen LogP) is 3.92. The summed E-state index contributed by atoms with van der Waals surface area (Å²) in [5.74, 6) is 0.217. The summed E-state index contributed by atoms with van der Waals surface area (Å²) in [6, 6.07) is 16.5. The second-order valence-electron chi connectivity index (χ2n) is 6.50.